The normalized spacial score (nSPS) is 26.1. The summed E-state index contributed by atoms with van der Waals surface area (Å²) in [7, 11) is 1.69. The fourth-order valence-electron chi connectivity index (χ4n) is 2.16. The molecule has 0 radical (unpaired) electrons. The van der Waals surface area contributed by atoms with Gasteiger partial charge in [-0.15, -0.1) is 0 Å². The first-order chi connectivity index (χ1) is 7.29. The maximum atomic E-state index is 11.8. The molecule has 0 spiro atoms. The number of halogens is 2. The van der Waals surface area contributed by atoms with Crippen LogP contribution in [0.5, 0.6) is 0 Å². The van der Waals surface area contributed by atoms with Crippen molar-refractivity contribution in [1.82, 2.24) is 9.80 Å². The van der Waals surface area contributed by atoms with Crippen LogP contribution in [0.3, 0.4) is 0 Å². The first kappa shape index (κ1) is 13.6. The van der Waals surface area contributed by atoms with Gasteiger partial charge in [-0.2, -0.15) is 0 Å². The number of carbonyl (C=O) groups is 2. The quantitative estimate of drug-likeness (QED) is 0.711. The molecule has 2 atom stereocenters. The van der Waals surface area contributed by atoms with Gasteiger partial charge < -0.3 is 9.80 Å². The molecule has 0 aromatic rings. The Balaban J connectivity index is 3.04. The van der Waals surface area contributed by atoms with Gasteiger partial charge in [0.25, 0.3) is 5.91 Å². The summed E-state index contributed by atoms with van der Waals surface area (Å²) in [5, 5.41) is 0. The summed E-state index contributed by atoms with van der Waals surface area (Å²) in [6.45, 7) is 5.59. The molecule has 1 aliphatic rings. The van der Waals surface area contributed by atoms with Crippen LogP contribution in [-0.4, -0.2) is 45.7 Å². The highest BCUT2D eigenvalue weighted by molar-refractivity contribution is 6.53. The zero-order valence-corrected chi connectivity index (χ0v) is 11.3. The molecule has 16 heavy (non-hydrogen) atoms. The minimum Gasteiger partial charge on any atom is -0.323 e. The number of hydrogen-bond donors (Lipinski definition) is 0. The largest absolute Gasteiger partial charge is 0.323 e. The van der Waals surface area contributed by atoms with Gasteiger partial charge in [0.2, 0.25) is 5.91 Å². The van der Waals surface area contributed by atoms with E-state index in [1.54, 1.807) is 18.9 Å². The molecule has 0 N–H and O–H groups in total. The van der Waals surface area contributed by atoms with Crippen LogP contribution in [0.15, 0.2) is 0 Å². The van der Waals surface area contributed by atoms with E-state index in [0.717, 1.165) is 0 Å². The predicted octanol–water partition coefficient (Wildman–Crippen LogP) is 1.46. The standard InChI is InChI=1S/C10H16Cl2N2O2/c1-5(2)8-13(4)9(15)6(3)14(8)10(16)7(11)12/h5-8H,1-4H3. The van der Waals surface area contributed by atoms with E-state index in [2.05, 4.69) is 0 Å². The highest BCUT2D eigenvalue weighted by Crippen LogP contribution is 2.27. The molecule has 1 heterocycles. The van der Waals surface area contributed by atoms with Crippen LogP contribution in [0.25, 0.3) is 0 Å². The average Bonchev–Trinajstić information content (AvgIpc) is 2.41. The zero-order valence-electron chi connectivity index (χ0n) is 9.78. The molecule has 0 aromatic carbocycles. The van der Waals surface area contributed by atoms with E-state index < -0.39 is 16.8 Å². The summed E-state index contributed by atoms with van der Waals surface area (Å²) in [6, 6.07) is -0.495. The van der Waals surface area contributed by atoms with E-state index in [9.17, 15) is 9.59 Å². The number of nitrogens with zero attached hydrogens (tertiary/aromatic N) is 2. The van der Waals surface area contributed by atoms with Crippen molar-refractivity contribution in [3.8, 4) is 0 Å². The summed E-state index contributed by atoms with van der Waals surface area (Å²) in [5.74, 6) is -0.358. The molecular formula is C10H16Cl2N2O2. The summed E-state index contributed by atoms with van der Waals surface area (Å²) in [5.41, 5.74) is 0. The van der Waals surface area contributed by atoms with E-state index in [4.69, 9.17) is 23.2 Å². The number of amides is 2. The van der Waals surface area contributed by atoms with Crippen LogP contribution in [-0.2, 0) is 9.59 Å². The van der Waals surface area contributed by atoms with Gasteiger partial charge >= 0.3 is 0 Å². The second-order valence-electron chi connectivity index (χ2n) is 4.33. The van der Waals surface area contributed by atoms with Crippen LogP contribution >= 0.6 is 23.2 Å². The Morgan fingerprint density at radius 3 is 2.25 bits per heavy atom. The lowest BCUT2D eigenvalue weighted by atomic mass is 10.1. The highest BCUT2D eigenvalue weighted by Gasteiger charge is 2.46. The highest BCUT2D eigenvalue weighted by atomic mass is 35.5. The topological polar surface area (TPSA) is 40.6 Å². The lowest BCUT2D eigenvalue weighted by Crippen LogP contribution is -2.48. The Morgan fingerprint density at radius 2 is 1.88 bits per heavy atom. The summed E-state index contributed by atoms with van der Waals surface area (Å²) in [6.07, 6.45) is -0.269. The van der Waals surface area contributed by atoms with Crippen molar-refractivity contribution in [1.29, 1.82) is 0 Å². The molecule has 6 heteroatoms. The Hall–Kier alpha value is -0.480. The molecule has 4 nitrogen and oxygen atoms in total. The van der Waals surface area contributed by atoms with Crippen molar-refractivity contribution in [3.05, 3.63) is 0 Å². The maximum Gasteiger partial charge on any atom is 0.258 e. The molecule has 1 saturated heterocycles. The molecule has 0 aromatic heterocycles. The van der Waals surface area contributed by atoms with E-state index in [0.29, 0.717) is 0 Å². The van der Waals surface area contributed by atoms with Crippen molar-refractivity contribution in [3.63, 3.8) is 0 Å². The lowest BCUT2D eigenvalue weighted by molar-refractivity contribution is -0.135. The van der Waals surface area contributed by atoms with Gasteiger partial charge in [-0.3, -0.25) is 9.59 Å². The zero-order chi connectivity index (χ0) is 12.6. The average molecular weight is 267 g/mol. The van der Waals surface area contributed by atoms with Crippen molar-refractivity contribution >= 4 is 35.0 Å². The third-order valence-corrected chi connectivity index (χ3v) is 3.21. The number of rotatable bonds is 2. The van der Waals surface area contributed by atoms with Gasteiger partial charge in [-0.05, 0) is 12.8 Å². The van der Waals surface area contributed by atoms with Crippen LogP contribution in [0, 0.1) is 5.92 Å². The fraction of sp³-hybridized carbons (Fsp3) is 0.800. The van der Waals surface area contributed by atoms with Gasteiger partial charge in [0.05, 0.1) is 0 Å². The monoisotopic (exact) mass is 266 g/mol. The maximum absolute atomic E-state index is 11.8. The number of alkyl halides is 2. The van der Waals surface area contributed by atoms with E-state index in [1.807, 2.05) is 13.8 Å². The minimum atomic E-state index is -1.12. The number of likely N-dealkylation sites (N-methyl/N-ethyl adjacent to an activating group) is 1. The first-order valence-corrected chi connectivity index (χ1v) is 6.03. The van der Waals surface area contributed by atoms with Gasteiger partial charge in [-0.1, -0.05) is 37.0 Å². The Kier molecular flexibility index (Phi) is 4.07. The summed E-state index contributed by atoms with van der Waals surface area (Å²) in [4.78, 5) is 25.6. The number of hydrogen-bond acceptors (Lipinski definition) is 2. The summed E-state index contributed by atoms with van der Waals surface area (Å²) < 4.78 is 0. The smallest absolute Gasteiger partial charge is 0.258 e. The second-order valence-corrected chi connectivity index (χ2v) is 5.43. The summed E-state index contributed by atoms with van der Waals surface area (Å²) >= 11 is 11.2. The van der Waals surface area contributed by atoms with E-state index >= 15 is 0 Å². The molecule has 0 saturated carbocycles. The van der Waals surface area contributed by atoms with Crippen LogP contribution in [0.1, 0.15) is 20.8 Å². The molecule has 1 fully saturated rings. The van der Waals surface area contributed by atoms with Crippen molar-refractivity contribution < 1.29 is 9.59 Å². The van der Waals surface area contributed by atoms with Gasteiger partial charge in [0.15, 0.2) is 4.84 Å². The molecular weight excluding hydrogens is 251 g/mol. The van der Waals surface area contributed by atoms with Crippen LogP contribution < -0.4 is 0 Å². The molecule has 0 aliphatic carbocycles. The predicted molar refractivity (Wildman–Crippen MR) is 63.2 cm³/mol. The van der Waals surface area contributed by atoms with Crippen LogP contribution in [0.2, 0.25) is 0 Å². The Morgan fingerprint density at radius 1 is 1.38 bits per heavy atom. The molecule has 2 unspecified atom stereocenters. The molecule has 92 valence electrons. The van der Waals surface area contributed by atoms with Gasteiger partial charge in [-0.25, -0.2) is 0 Å². The van der Waals surface area contributed by atoms with E-state index in [-0.39, 0.29) is 18.0 Å². The third-order valence-electron chi connectivity index (χ3n) is 2.84. The SMILES string of the molecule is CC(C)C1N(C)C(=O)C(C)N1C(=O)C(Cl)Cl. The Labute approximate surface area is 105 Å². The van der Waals surface area contributed by atoms with Gasteiger partial charge in [0.1, 0.15) is 12.2 Å². The molecule has 1 aliphatic heterocycles. The third kappa shape index (κ3) is 2.13. The van der Waals surface area contributed by atoms with Gasteiger partial charge in [0, 0.05) is 7.05 Å². The van der Waals surface area contributed by atoms with Crippen LogP contribution in [0.4, 0.5) is 0 Å². The van der Waals surface area contributed by atoms with Crippen molar-refractivity contribution in [2.75, 3.05) is 7.05 Å². The lowest BCUT2D eigenvalue weighted by Gasteiger charge is -2.32. The molecule has 0 bridgehead atoms. The second kappa shape index (κ2) is 4.80. The van der Waals surface area contributed by atoms with Crippen molar-refractivity contribution in [2.24, 2.45) is 5.92 Å². The van der Waals surface area contributed by atoms with Crippen molar-refractivity contribution in [2.45, 2.75) is 37.8 Å². The first-order valence-electron chi connectivity index (χ1n) is 5.16. The number of carbonyl (C=O) groups excluding carboxylic acids is 2. The molecule has 2 amide bonds. The Bertz CT molecular complexity index is 307. The minimum absolute atomic E-state index is 0.0824. The van der Waals surface area contributed by atoms with E-state index in [1.165, 1.54) is 4.90 Å². The fourth-order valence-corrected chi connectivity index (χ4v) is 2.39. The molecule has 1 rings (SSSR count).